The van der Waals surface area contributed by atoms with Crippen molar-refractivity contribution in [2.75, 3.05) is 102 Å². The number of halogens is 3. The molecule has 4 aromatic carbocycles. The standard InChI is InChI=1S/C27H32FN7O.C15H14ClFN4.C12H19N3O/c1-17(2)35-18(3)30-26-21(28)14-19(15-24(26)35)22-8-9-29-27(31-22)32-23-7-6-20(16-25(23)36-5)34-12-10-33(4)11-13-34;1-8(2)21-9(3)19-14-11(17)6-10(7-13(14)21)12-4-5-18-15(16)20-12;1-14-5-7-15(8-6-14)10-3-4-11(13)12(9-10)16-2/h6-9,14-17H,10-13H2,1-5H3,(H,29,31,32);4-8H,1-3H3;3-4,9H,5-8,13H2,1-2H3. The van der Waals surface area contributed by atoms with Gasteiger partial charge in [-0.05, 0) is 128 Å². The monoisotopic (exact) mass is 1010 g/mol. The van der Waals surface area contributed by atoms with E-state index in [1.807, 2.05) is 73.2 Å². The minimum absolute atomic E-state index is 0.140. The molecule has 2 fully saturated rings. The lowest BCUT2D eigenvalue weighted by atomic mass is 10.1. The molecule has 0 bridgehead atoms. The van der Waals surface area contributed by atoms with E-state index >= 15 is 0 Å². The van der Waals surface area contributed by atoms with Crippen LogP contribution >= 0.6 is 11.6 Å². The summed E-state index contributed by atoms with van der Waals surface area (Å²) in [6.07, 6.45) is 3.22. The van der Waals surface area contributed by atoms with E-state index < -0.39 is 0 Å². The van der Waals surface area contributed by atoms with E-state index in [9.17, 15) is 8.78 Å². The molecular weight excluding hydrogens is 950 g/mol. The van der Waals surface area contributed by atoms with Gasteiger partial charge in [0.05, 0.1) is 48.0 Å². The zero-order valence-corrected chi connectivity index (χ0v) is 44.0. The summed E-state index contributed by atoms with van der Waals surface area (Å²) in [5.74, 6) is 2.73. The molecule has 0 saturated carbocycles. The maximum absolute atomic E-state index is 15.0. The molecule has 0 unspecified atom stereocenters. The summed E-state index contributed by atoms with van der Waals surface area (Å²) in [7, 11) is 7.61. The summed E-state index contributed by atoms with van der Waals surface area (Å²) in [6.45, 7) is 20.3. The summed E-state index contributed by atoms with van der Waals surface area (Å²) in [5.41, 5.74) is 14.4. The van der Waals surface area contributed by atoms with Gasteiger partial charge in [0.15, 0.2) is 11.6 Å². The van der Waals surface area contributed by atoms with Gasteiger partial charge in [-0.15, -0.1) is 0 Å². The molecule has 73 heavy (non-hydrogen) atoms. The molecule has 8 aromatic rings. The van der Waals surface area contributed by atoms with Crippen molar-refractivity contribution in [3.8, 4) is 34.0 Å². The lowest BCUT2D eigenvalue weighted by Gasteiger charge is -2.34. The fraction of sp³-hybridized carbons (Fsp3) is 0.370. The topological polar surface area (TPSA) is 157 Å². The molecule has 2 saturated heterocycles. The van der Waals surface area contributed by atoms with E-state index in [2.05, 4.69) is 94.9 Å². The minimum atomic E-state index is -0.362. The molecule has 3 N–H and O–H groups in total. The number of piperazine rings is 2. The van der Waals surface area contributed by atoms with Gasteiger partial charge >= 0.3 is 0 Å². The number of nitrogens with two attached hydrogens (primary N) is 1. The Balaban J connectivity index is 0.000000162. The quantitative estimate of drug-likeness (QED) is 0.0985. The van der Waals surface area contributed by atoms with Crippen LogP contribution in [0.3, 0.4) is 0 Å². The van der Waals surface area contributed by atoms with Gasteiger partial charge in [-0.1, -0.05) is 0 Å². The molecule has 0 radical (unpaired) electrons. The number of nitrogens with one attached hydrogen (secondary N) is 1. The highest BCUT2D eigenvalue weighted by atomic mass is 35.5. The number of aromatic nitrogens is 8. The van der Waals surface area contributed by atoms with Crippen molar-refractivity contribution >= 4 is 62.4 Å². The highest BCUT2D eigenvalue weighted by Gasteiger charge is 2.20. The van der Waals surface area contributed by atoms with Crippen molar-refractivity contribution in [3.63, 3.8) is 0 Å². The molecule has 10 rings (SSSR count). The van der Waals surface area contributed by atoms with E-state index in [0.717, 1.165) is 92.2 Å². The predicted molar refractivity (Wildman–Crippen MR) is 290 cm³/mol. The van der Waals surface area contributed by atoms with Crippen LogP contribution in [0.2, 0.25) is 5.28 Å². The average Bonchev–Trinajstić information content (AvgIpc) is 3.91. The van der Waals surface area contributed by atoms with Gasteiger partial charge in [0, 0.05) is 111 Å². The molecule has 2 aliphatic rings. The number of nitrogens with zero attached hydrogens (tertiary/aromatic N) is 12. The number of imidazole rings is 2. The number of hydrogen-bond acceptors (Lipinski definition) is 14. The fourth-order valence-corrected chi connectivity index (χ4v) is 9.49. The van der Waals surface area contributed by atoms with Gasteiger partial charge in [-0.25, -0.2) is 38.7 Å². The van der Waals surface area contributed by atoms with Crippen molar-refractivity contribution in [3.05, 3.63) is 114 Å². The molecule has 19 heteroatoms. The second-order valence-corrected chi connectivity index (χ2v) is 19.2. The number of ether oxygens (including phenoxy) is 2. The number of likely N-dealkylation sites (N-methyl/N-ethyl adjacent to an activating group) is 2. The molecule has 0 spiro atoms. The number of anilines is 5. The Morgan fingerprint density at radius 3 is 1.53 bits per heavy atom. The van der Waals surface area contributed by atoms with Crippen LogP contribution in [0.1, 0.15) is 51.4 Å². The molecular formula is C54H65ClF2N14O2. The average molecular weight is 1020 g/mol. The summed E-state index contributed by atoms with van der Waals surface area (Å²) in [6, 6.07) is 22.7. The summed E-state index contributed by atoms with van der Waals surface area (Å²) < 4.78 is 44.3. The third kappa shape index (κ3) is 11.9. The van der Waals surface area contributed by atoms with Crippen LogP contribution < -0.4 is 30.3 Å². The summed E-state index contributed by atoms with van der Waals surface area (Å²) >= 11 is 5.81. The summed E-state index contributed by atoms with van der Waals surface area (Å²) in [5, 5.41) is 3.41. The molecule has 2 aliphatic heterocycles. The van der Waals surface area contributed by atoms with Crippen LogP contribution in [0.25, 0.3) is 44.6 Å². The first-order chi connectivity index (χ1) is 35.0. The highest BCUT2D eigenvalue weighted by molar-refractivity contribution is 6.28. The third-order valence-electron chi connectivity index (χ3n) is 13.1. The second kappa shape index (κ2) is 22.7. The van der Waals surface area contributed by atoms with Crippen molar-refractivity contribution in [1.29, 1.82) is 0 Å². The van der Waals surface area contributed by atoms with Crippen molar-refractivity contribution in [1.82, 2.24) is 48.8 Å². The first-order valence-corrected chi connectivity index (χ1v) is 24.8. The molecule has 4 aromatic heterocycles. The molecule has 0 atom stereocenters. The Labute approximate surface area is 430 Å². The number of methoxy groups -OCH3 is 2. The van der Waals surface area contributed by atoms with E-state index in [4.69, 9.17) is 26.8 Å². The number of fused-ring (bicyclic) bond motifs is 2. The van der Waals surface area contributed by atoms with Gasteiger partial charge < -0.3 is 49.3 Å². The van der Waals surface area contributed by atoms with Crippen LogP contribution in [0.5, 0.6) is 11.5 Å². The SMILES string of the molecule is COc1cc(N2CCN(C)CC2)ccc1N.COc1cc(N2CCN(C)CC2)ccc1Nc1nccc(-c2cc(F)c3nc(C)n(C(C)C)c3c2)n1.Cc1nc2c(F)cc(-c3ccnc(Cl)n3)cc2n1C(C)C. The molecule has 0 aliphatic carbocycles. The lowest BCUT2D eigenvalue weighted by Crippen LogP contribution is -2.44. The summed E-state index contributed by atoms with van der Waals surface area (Å²) in [4.78, 5) is 35.2. The molecule has 6 heterocycles. The number of rotatable bonds is 10. The number of nitrogen functional groups attached to an aromatic ring is 1. The van der Waals surface area contributed by atoms with Gasteiger partial charge in [-0.2, -0.15) is 0 Å². The van der Waals surface area contributed by atoms with E-state index in [1.54, 1.807) is 38.7 Å². The van der Waals surface area contributed by atoms with Crippen LogP contribution in [0.4, 0.5) is 37.5 Å². The smallest absolute Gasteiger partial charge is 0.227 e. The number of benzene rings is 4. The van der Waals surface area contributed by atoms with Crippen molar-refractivity contribution in [2.24, 2.45) is 0 Å². The maximum Gasteiger partial charge on any atom is 0.227 e. The zero-order chi connectivity index (χ0) is 52.1. The van der Waals surface area contributed by atoms with E-state index in [-0.39, 0.29) is 29.0 Å². The maximum atomic E-state index is 15.0. The Kier molecular flexibility index (Phi) is 16.2. The predicted octanol–water partition coefficient (Wildman–Crippen LogP) is 10.2. The Bertz CT molecular complexity index is 3200. The number of aryl methyl sites for hydroxylation is 2. The third-order valence-corrected chi connectivity index (χ3v) is 13.3. The normalized spacial score (nSPS) is 14.3. The molecule has 384 valence electrons. The lowest BCUT2D eigenvalue weighted by molar-refractivity contribution is 0.312. The fourth-order valence-electron chi connectivity index (χ4n) is 9.34. The van der Waals surface area contributed by atoms with Gasteiger partial charge in [0.25, 0.3) is 0 Å². The van der Waals surface area contributed by atoms with Crippen molar-refractivity contribution in [2.45, 2.75) is 53.6 Å². The van der Waals surface area contributed by atoms with Gasteiger partial charge in [0.1, 0.15) is 34.2 Å². The van der Waals surface area contributed by atoms with Crippen LogP contribution in [-0.4, -0.2) is 130 Å². The Hall–Kier alpha value is -7.15. The van der Waals surface area contributed by atoms with Gasteiger partial charge in [-0.3, -0.25) is 0 Å². The van der Waals surface area contributed by atoms with E-state index in [0.29, 0.717) is 50.9 Å². The highest BCUT2D eigenvalue weighted by Crippen LogP contribution is 2.34. The molecule has 16 nitrogen and oxygen atoms in total. The van der Waals surface area contributed by atoms with Gasteiger partial charge in [0.2, 0.25) is 11.2 Å². The number of hydrogen-bond donors (Lipinski definition) is 2. The first-order valence-electron chi connectivity index (χ1n) is 24.5. The first kappa shape index (κ1) is 52.2. The van der Waals surface area contributed by atoms with Crippen LogP contribution in [-0.2, 0) is 0 Å². The minimum Gasteiger partial charge on any atom is -0.495 e. The van der Waals surface area contributed by atoms with Crippen LogP contribution in [0, 0.1) is 25.5 Å². The largest absolute Gasteiger partial charge is 0.495 e. The van der Waals surface area contributed by atoms with Crippen molar-refractivity contribution < 1.29 is 18.3 Å². The molecule has 0 amide bonds. The van der Waals surface area contributed by atoms with Crippen LogP contribution in [0.15, 0.2) is 85.2 Å². The zero-order valence-electron chi connectivity index (χ0n) is 43.3. The Morgan fingerprint density at radius 1 is 0.589 bits per heavy atom. The Morgan fingerprint density at radius 2 is 1.05 bits per heavy atom. The second-order valence-electron chi connectivity index (χ2n) is 18.9. The van der Waals surface area contributed by atoms with E-state index in [1.165, 1.54) is 17.8 Å².